The minimum atomic E-state index is -4.20. The SMILES string of the molecule is O=C1CN(c2c(O)ccc(C#CC3CCCCC3)c2F)S(=O)(=O)N1. The summed E-state index contributed by atoms with van der Waals surface area (Å²) in [6.07, 6.45) is 5.33. The van der Waals surface area contributed by atoms with Gasteiger partial charge >= 0.3 is 10.2 Å². The Morgan fingerprint density at radius 1 is 1.25 bits per heavy atom. The molecule has 1 aromatic carbocycles. The molecule has 1 saturated heterocycles. The number of carbonyl (C=O) groups is 1. The number of benzene rings is 1. The lowest BCUT2D eigenvalue weighted by molar-refractivity contribution is -0.117. The Morgan fingerprint density at radius 2 is 1.96 bits per heavy atom. The van der Waals surface area contributed by atoms with Crippen molar-refractivity contribution in [3.63, 3.8) is 0 Å². The lowest BCUT2D eigenvalue weighted by Gasteiger charge is -2.18. The van der Waals surface area contributed by atoms with E-state index in [2.05, 4.69) is 11.8 Å². The van der Waals surface area contributed by atoms with Crippen molar-refractivity contribution in [3.8, 4) is 17.6 Å². The molecular weight excluding hydrogens is 335 g/mol. The van der Waals surface area contributed by atoms with Gasteiger partial charge in [0.05, 0.1) is 5.56 Å². The molecule has 1 amide bonds. The molecule has 8 heteroatoms. The van der Waals surface area contributed by atoms with Crippen LogP contribution in [0.25, 0.3) is 0 Å². The van der Waals surface area contributed by atoms with Crippen LogP contribution in [0.5, 0.6) is 5.75 Å². The van der Waals surface area contributed by atoms with Crippen molar-refractivity contribution in [2.75, 3.05) is 10.8 Å². The van der Waals surface area contributed by atoms with Crippen LogP contribution in [-0.4, -0.2) is 26.0 Å². The number of aromatic hydroxyl groups is 1. The Labute approximate surface area is 139 Å². The fourth-order valence-electron chi connectivity index (χ4n) is 2.96. The summed E-state index contributed by atoms with van der Waals surface area (Å²) >= 11 is 0. The van der Waals surface area contributed by atoms with Crippen LogP contribution in [0.2, 0.25) is 0 Å². The molecule has 2 aliphatic rings. The van der Waals surface area contributed by atoms with Crippen LogP contribution in [0.15, 0.2) is 12.1 Å². The molecule has 1 heterocycles. The summed E-state index contributed by atoms with van der Waals surface area (Å²) in [5.41, 5.74) is -0.549. The number of hydrogen-bond acceptors (Lipinski definition) is 4. The molecule has 0 aromatic heterocycles. The van der Waals surface area contributed by atoms with E-state index in [4.69, 9.17) is 0 Å². The first kappa shape index (κ1) is 16.6. The quantitative estimate of drug-likeness (QED) is 0.753. The number of nitrogens with one attached hydrogen (secondary N) is 1. The summed E-state index contributed by atoms with van der Waals surface area (Å²) in [6.45, 7) is -0.577. The van der Waals surface area contributed by atoms with E-state index in [0.29, 0.717) is 4.31 Å². The van der Waals surface area contributed by atoms with E-state index in [-0.39, 0.29) is 11.5 Å². The molecule has 2 N–H and O–H groups in total. The predicted octanol–water partition coefficient (Wildman–Crippen LogP) is 1.64. The molecule has 2 fully saturated rings. The number of nitrogens with zero attached hydrogens (tertiary/aromatic N) is 1. The number of anilines is 1. The first-order valence-electron chi connectivity index (χ1n) is 7.75. The largest absolute Gasteiger partial charge is 0.506 e. The second kappa shape index (κ2) is 6.32. The average molecular weight is 352 g/mol. The number of carbonyl (C=O) groups excluding carboxylic acids is 1. The minimum Gasteiger partial charge on any atom is -0.506 e. The smallest absolute Gasteiger partial charge is 0.326 e. The summed E-state index contributed by atoms with van der Waals surface area (Å²) < 4.78 is 40.7. The van der Waals surface area contributed by atoms with Gasteiger partial charge in [0, 0.05) is 5.92 Å². The van der Waals surface area contributed by atoms with E-state index in [1.165, 1.54) is 18.6 Å². The second-order valence-corrected chi connectivity index (χ2v) is 7.53. The number of rotatable bonds is 1. The molecule has 24 heavy (non-hydrogen) atoms. The summed E-state index contributed by atoms with van der Waals surface area (Å²) in [6, 6.07) is 2.49. The molecule has 0 radical (unpaired) electrons. The van der Waals surface area contributed by atoms with Gasteiger partial charge in [0.1, 0.15) is 18.0 Å². The molecule has 128 valence electrons. The Hall–Kier alpha value is -2.27. The highest BCUT2D eigenvalue weighted by molar-refractivity contribution is 7.92. The van der Waals surface area contributed by atoms with E-state index in [1.54, 1.807) is 4.72 Å². The maximum atomic E-state index is 14.7. The van der Waals surface area contributed by atoms with Crippen LogP contribution >= 0.6 is 0 Å². The highest BCUT2D eigenvalue weighted by Crippen LogP contribution is 2.35. The van der Waals surface area contributed by atoms with E-state index in [0.717, 1.165) is 25.7 Å². The summed E-state index contributed by atoms with van der Waals surface area (Å²) in [5, 5.41) is 9.88. The monoisotopic (exact) mass is 352 g/mol. The molecule has 3 rings (SSSR count). The lowest BCUT2D eigenvalue weighted by atomic mass is 9.89. The van der Waals surface area contributed by atoms with Gasteiger partial charge in [-0.15, -0.1) is 0 Å². The standard InChI is InChI=1S/C16H17FN2O4S/c17-15-12(7-6-11-4-2-1-3-5-11)8-9-13(20)16(15)19-10-14(21)18-24(19,22)23/h8-9,11,20H,1-5,10H2,(H,18,21). The van der Waals surface area contributed by atoms with Crippen LogP contribution < -0.4 is 9.03 Å². The number of phenols is 1. The van der Waals surface area contributed by atoms with Gasteiger partial charge in [-0.2, -0.15) is 8.42 Å². The number of halogens is 1. The van der Waals surface area contributed by atoms with Gasteiger partial charge in [-0.1, -0.05) is 31.1 Å². The average Bonchev–Trinajstić information content (AvgIpc) is 2.80. The maximum absolute atomic E-state index is 14.7. The third-order valence-corrected chi connectivity index (χ3v) is 5.56. The summed E-state index contributed by atoms with van der Waals surface area (Å²) in [4.78, 5) is 11.3. The fraction of sp³-hybridized carbons (Fsp3) is 0.438. The molecule has 0 bridgehead atoms. The number of phenolic OH excluding ortho intramolecular Hbond substituents is 1. The predicted molar refractivity (Wildman–Crippen MR) is 85.9 cm³/mol. The summed E-state index contributed by atoms with van der Waals surface area (Å²) in [7, 11) is -4.20. The minimum absolute atomic E-state index is 0.00271. The molecule has 0 atom stereocenters. The first-order chi connectivity index (χ1) is 11.4. The molecule has 0 unspecified atom stereocenters. The third kappa shape index (κ3) is 3.17. The van der Waals surface area contributed by atoms with E-state index in [1.807, 2.05) is 0 Å². The topological polar surface area (TPSA) is 86.7 Å². The number of hydrogen-bond donors (Lipinski definition) is 2. The molecular formula is C16H17FN2O4S. The molecule has 6 nitrogen and oxygen atoms in total. The maximum Gasteiger partial charge on any atom is 0.326 e. The Balaban J connectivity index is 1.97. The molecule has 1 aliphatic carbocycles. The van der Waals surface area contributed by atoms with Gasteiger partial charge in [-0.05, 0) is 25.0 Å². The zero-order chi connectivity index (χ0) is 17.3. The van der Waals surface area contributed by atoms with Crippen molar-refractivity contribution in [2.24, 2.45) is 5.92 Å². The fourth-order valence-corrected chi connectivity index (χ4v) is 4.12. The third-order valence-electron chi connectivity index (χ3n) is 4.18. The second-order valence-electron chi connectivity index (χ2n) is 5.94. The van der Waals surface area contributed by atoms with E-state index < -0.39 is 39.9 Å². The van der Waals surface area contributed by atoms with Gasteiger partial charge in [0.15, 0.2) is 5.82 Å². The van der Waals surface area contributed by atoms with Crippen LogP contribution in [0.3, 0.4) is 0 Å². The van der Waals surface area contributed by atoms with Crippen molar-refractivity contribution in [3.05, 3.63) is 23.5 Å². The van der Waals surface area contributed by atoms with Crippen LogP contribution in [0, 0.1) is 23.6 Å². The van der Waals surface area contributed by atoms with E-state index >= 15 is 0 Å². The molecule has 0 spiro atoms. The van der Waals surface area contributed by atoms with Crippen LogP contribution in [0.4, 0.5) is 10.1 Å². The van der Waals surface area contributed by atoms with Crippen molar-refractivity contribution in [2.45, 2.75) is 32.1 Å². The molecule has 1 aliphatic heterocycles. The van der Waals surface area contributed by atoms with Crippen LogP contribution in [-0.2, 0) is 15.0 Å². The van der Waals surface area contributed by atoms with Crippen LogP contribution in [0.1, 0.15) is 37.7 Å². The normalized spacial score (nSPS) is 20.4. The highest BCUT2D eigenvalue weighted by atomic mass is 32.2. The molecule has 1 saturated carbocycles. The Bertz CT molecular complexity index is 836. The zero-order valence-corrected chi connectivity index (χ0v) is 13.7. The van der Waals surface area contributed by atoms with Crippen molar-refractivity contribution >= 4 is 21.8 Å². The molecule has 1 aromatic rings. The van der Waals surface area contributed by atoms with Crippen molar-refractivity contribution < 1.29 is 22.7 Å². The first-order valence-corrected chi connectivity index (χ1v) is 9.19. The Kier molecular flexibility index (Phi) is 4.37. The van der Waals surface area contributed by atoms with Gasteiger partial charge in [0.25, 0.3) is 5.91 Å². The van der Waals surface area contributed by atoms with Gasteiger partial charge < -0.3 is 5.11 Å². The van der Waals surface area contributed by atoms with Gasteiger partial charge in [-0.3, -0.25) is 4.79 Å². The van der Waals surface area contributed by atoms with Gasteiger partial charge in [0.2, 0.25) is 0 Å². The highest BCUT2D eigenvalue weighted by Gasteiger charge is 2.37. The van der Waals surface area contributed by atoms with E-state index in [9.17, 15) is 22.7 Å². The zero-order valence-electron chi connectivity index (χ0n) is 12.9. The summed E-state index contributed by atoms with van der Waals surface area (Å²) in [5.74, 6) is 3.69. The van der Waals surface area contributed by atoms with Crippen molar-refractivity contribution in [1.29, 1.82) is 0 Å². The van der Waals surface area contributed by atoms with Crippen molar-refractivity contribution in [1.82, 2.24) is 4.72 Å². The number of amides is 1. The van der Waals surface area contributed by atoms with Gasteiger partial charge in [-0.25, -0.2) is 13.4 Å². The Morgan fingerprint density at radius 3 is 2.58 bits per heavy atom. The lowest BCUT2D eigenvalue weighted by Crippen LogP contribution is -2.30.